The minimum Gasteiger partial charge on any atom is -0.243 e. The minimum atomic E-state index is -0.941. The van der Waals surface area contributed by atoms with Gasteiger partial charge in [-0.1, -0.05) is 17.7 Å². The van der Waals surface area contributed by atoms with Crippen LogP contribution in [0.4, 0.5) is 4.39 Å². The molecule has 0 heterocycles. The highest BCUT2D eigenvalue weighted by atomic mass is 79.9. The van der Waals surface area contributed by atoms with Crippen molar-refractivity contribution in [3.63, 3.8) is 0 Å². The van der Waals surface area contributed by atoms with E-state index in [0.717, 1.165) is 4.47 Å². The lowest BCUT2D eigenvalue weighted by molar-refractivity contribution is 0.374. The first-order valence-corrected chi connectivity index (χ1v) is 4.37. The van der Waals surface area contributed by atoms with Gasteiger partial charge in [-0.2, -0.15) is 0 Å². The summed E-state index contributed by atoms with van der Waals surface area (Å²) in [4.78, 5) is 0. The van der Waals surface area contributed by atoms with Crippen LogP contribution >= 0.6 is 27.5 Å². The van der Waals surface area contributed by atoms with Crippen molar-refractivity contribution >= 4 is 27.5 Å². The molecular formula is C8H7BrClF. The normalized spacial score (nSPS) is 13.1. The highest BCUT2D eigenvalue weighted by molar-refractivity contribution is 9.10. The Bertz CT molecular complexity index is 260. The van der Waals surface area contributed by atoms with Gasteiger partial charge in [0.25, 0.3) is 0 Å². The summed E-state index contributed by atoms with van der Waals surface area (Å²) in [7, 11) is 0. The molecule has 0 radical (unpaired) electrons. The zero-order valence-electron chi connectivity index (χ0n) is 5.94. The van der Waals surface area contributed by atoms with E-state index in [1.54, 1.807) is 18.2 Å². The van der Waals surface area contributed by atoms with Crippen LogP contribution < -0.4 is 0 Å². The minimum absolute atomic E-state index is 0.606. The van der Waals surface area contributed by atoms with Gasteiger partial charge in [0, 0.05) is 4.47 Å². The predicted octanol–water partition coefficient (Wildman–Crippen LogP) is 4.13. The molecule has 0 saturated carbocycles. The van der Waals surface area contributed by atoms with Crippen LogP contribution in [0.5, 0.6) is 0 Å². The Labute approximate surface area is 78.5 Å². The fraction of sp³-hybridized carbons (Fsp3) is 0.250. The van der Waals surface area contributed by atoms with Crippen LogP contribution in [0.2, 0.25) is 5.02 Å². The molecule has 0 bridgehead atoms. The van der Waals surface area contributed by atoms with E-state index >= 15 is 0 Å². The Morgan fingerprint density at radius 2 is 2.18 bits per heavy atom. The predicted molar refractivity (Wildman–Crippen MR) is 48.7 cm³/mol. The van der Waals surface area contributed by atoms with E-state index < -0.39 is 6.17 Å². The lowest BCUT2D eigenvalue weighted by atomic mass is 10.1. The number of alkyl halides is 1. The van der Waals surface area contributed by atoms with Crippen LogP contribution in [0, 0.1) is 0 Å². The fourth-order valence-electron chi connectivity index (χ4n) is 0.760. The van der Waals surface area contributed by atoms with Gasteiger partial charge in [-0.3, -0.25) is 0 Å². The summed E-state index contributed by atoms with van der Waals surface area (Å²) in [6.07, 6.45) is -0.941. The topological polar surface area (TPSA) is 0 Å². The third kappa shape index (κ3) is 2.17. The van der Waals surface area contributed by atoms with Crippen molar-refractivity contribution in [1.82, 2.24) is 0 Å². The van der Waals surface area contributed by atoms with E-state index in [1.807, 2.05) is 0 Å². The molecule has 60 valence electrons. The van der Waals surface area contributed by atoms with Gasteiger partial charge in [-0.05, 0) is 40.5 Å². The van der Waals surface area contributed by atoms with Gasteiger partial charge in [0.05, 0.1) is 5.02 Å². The molecule has 0 aliphatic heterocycles. The van der Waals surface area contributed by atoms with E-state index in [2.05, 4.69) is 15.9 Å². The lowest BCUT2D eigenvalue weighted by Crippen LogP contribution is -1.84. The molecule has 0 aliphatic rings. The summed E-state index contributed by atoms with van der Waals surface area (Å²) < 4.78 is 13.4. The van der Waals surface area contributed by atoms with Gasteiger partial charge in [0.15, 0.2) is 0 Å². The maximum absolute atomic E-state index is 12.7. The first-order valence-electron chi connectivity index (χ1n) is 3.20. The molecule has 0 amide bonds. The van der Waals surface area contributed by atoms with Crippen LogP contribution in [0.25, 0.3) is 0 Å². The lowest BCUT2D eigenvalue weighted by Gasteiger charge is -2.02. The Morgan fingerprint density at radius 3 is 2.64 bits per heavy atom. The zero-order valence-corrected chi connectivity index (χ0v) is 8.29. The fourth-order valence-corrected chi connectivity index (χ4v) is 1.27. The Kier molecular flexibility index (Phi) is 2.90. The standard InChI is InChI=1S/C8H7BrClF/c1-5(11)6-2-3-8(10)7(9)4-6/h2-5H,1H3. The molecule has 0 saturated heterocycles. The number of hydrogen-bond acceptors (Lipinski definition) is 0. The van der Waals surface area contributed by atoms with Crippen molar-refractivity contribution in [2.75, 3.05) is 0 Å². The largest absolute Gasteiger partial charge is 0.243 e. The van der Waals surface area contributed by atoms with E-state index in [4.69, 9.17) is 11.6 Å². The molecule has 11 heavy (non-hydrogen) atoms. The third-order valence-corrected chi connectivity index (χ3v) is 2.62. The van der Waals surface area contributed by atoms with Gasteiger partial charge in [0.1, 0.15) is 6.17 Å². The van der Waals surface area contributed by atoms with Crippen LogP contribution in [0.3, 0.4) is 0 Å². The first-order chi connectivity index (χ1) is 5.11. The molecule has 1 aromatic carbocycles. The summed E-state index contributed by atoms with van der Waals surface area (Å²) in [5, 5.41) is 0.606. The number of halogens is 3. The van der Waals surface area contributed by atoms with Gasteiger partial charge < -0.3 is 0 Å². The molecule has 0 aromatic heterocycles. The van der Waals surface area contributed by atoms with Crippen molar-refractivity contribution in [2.45, 2.75) is 13.1 Å². The summed E-state index contributed by atoms with van der Waals surface area (Å²) >= 11 is 8.93. The summed E-state index contributed by atoms with van der Waals surface area (Å²) in [5.74, 6) is 0. The van der Waals surface area contributed by atoms with Crippen LogP contribution in [0.15, 0.2) is 22.7 Å². The zero-order chi connectivity index (χ0) is 8.43. The van der Waals surface area contributed by atoms with E-state index in [9.17, 15) is 4.39 Å². The summed E-state index contributed by atoms with van der Waals surface area (Å²) in [6, 6.07) is 5.04. The van der Waals surface area contributed by atoms with Gasteiger partial charge in [-0.15, -0.1) is 0 Å². The average molecular weight is 237 g/mol. The van der Waals surface area contributed by atoms with Crippen molar-refractivity contribution in [3.8, 4) is 0 Å². The maximum atomic E-state index is 12.7. The van der Waals surface area contributed by atoms with Gasteiger partial charge in [-0.25, -0.2) is 4.39 Å². The molecule has 1 unspecified atom stereocenters. The molecule has 0 fully saturated rings. The smallest absolute Gasteiger partial charge is 0.122 e. The van der Waals surface area contributed by atoms with Crippen LogP contribution in [-0.4, -0.2) is 0 Å². The molecule has 1 rings (SSSR count). The van der Waals surface area contributed by atoms with Crippen molar-refractivity contribution in [1.29, 1.82) is 0 Å². The Hall–Kier alpha value is -0.0800. The van der Waals surface area contributed by atoms with Crippen LogP contribution in [0.1, 0.15) is 18.7 Å². The second-order valence-corrected chi connectivity index (χ2v) is 3.55. The average Bonchev–Trinajstić information content (AvgIpc) is 1.94. The molecular weight excluding hydrogens is 230 g/mol. The quantitative estimate of drug-likeness (QED) is 0.689. The maximum Gasteiger partial charge on any atom is 0.122 e. The highest BCUT2D eigenvalue weighted by Crippen LogP contribution is 2.26. The van der Waals surface area contributed by atoms with Gasteiger partial charge >= 0.3 is 0 Å². The summed E-state index contributed by atoms with van der Waals surface area (Å²) in [5.41, 5.74) is 0.640. The monoisotopic (exact) mass is 236 g/mol. The molecule has 3 heteroatoms. The molecule has 1 atom stereocenters. The Morgan fingerprint density at radius 1 is 1.55 bits per heavy atom. The number of benzene rings is 1. The highest BCUT2D eigenvalue weighted by Gasteiger charge is 2.04. The van der Waals surface area contributed by atoms with E-state index in [1.165, 1.54) is 6.92 Å². The van der Waals surface area contributed by atoms with Crippen LogP contribution in [-0.2, 0) is 0 Å². The number of hydrogen-bond donors (Lipinski definition) is 0. The SMILES string of the molecule is CC(F)c1ccc(Cl)c(Br)c1. The van der Waals surface area contributed by atoms with Crippen molar-refractivity contribution in [3.05, 3.63) is 33.3 Å². The van der Waals surface area contributed by atoms with E-state index in [0.29, 0.717) is 10.6 Å². The molecule has 0 aliphatic carbocycles. The first kappa shape index (κ1) is 9.01. The second kappa shape index (κ2) is 3.55. The van der Waals surface area contributed by atoms with Gasteiger partial charge in [0.2, 0.25) is 0 Å². The van der Waals surface area contributed by atoms with E-state index in [-0.39, 0.29) is 0 Å². The molecule has 0 N–H and O–H groups in total. The third-order valence-electron chi connectivity index (χ3n) is 1.40. The second-order valence-electron chi connectivity index (χ2n) is 2.29. The Balaban J connectivity index is 3.05. The summed E-state index contributed by atoms with van der Waals surface area (Å²) in [6.45, 7) is 1.50. The number of rotatable bonds is 1. The molecule has 1 aromatic rings. The molecule has 0 spiro atoms. The van der Waals surface area contributed by atoms with Crippen molar-refractivity contribution in [2.24, 2.45) is 0 Å². The molecule has 0 nitrogen and oxygen atoms in total. The van der Waals surface area contributed by atoms with Crippen molar-refractivity contribution < 1.29 is 4.39 Å².